The van der Waals surface area contributed by atoms with E-state index in [1.807, 2.05) is 29.2 Å². The highest BCUT2D eigenvalue weighted by molar-refractivity contribution is 5.89. The fourth-order valence-electron chi connectivity index (χ4n) is 2.31. The van der Waals surface area contributed by atoms with E-state index in [1.165, 1.54) is 0 Å². The predicted octanol–water partition coefficient (Wildman–Crippen LogP) is 1.57. The molecule has 0 aromatic heterocycles. The van der Waals surface area contributed by atoms with Gasteiger partial charge in [0.1, 0.15) is 0 Å². The molecule has 0 saturated carbocycles. The van der Waals surface area contributed by atoms with Crippen LogP contribution in [0.3, 0.4) is 0 Å². The minimum Gasteiger partial charge on any atom is -0.351 e. The molecule has 1 fully saturated rings. The minimum atomic E-state index is -0.0520. The lowest BCUT2D eigenvalue weighted by atomic mass is 10.2. The number of halogens is 1. The summed E-state index contributed by atoms with van der Waals surface area (Å²) in [6, 6.07) is 7.48. The quantitative estimate of drug-likeness (QED) is 0.769. The maximum absolute atomic E-state index is 12.0. The Morgan fingerprint density at radius 3 is 2.64 bits per heavy atom. The number of hydrogen-bond donors (Lipinski definition) is 3. The van der Waals surface area contributed by atoms with Crippen molar-refractivity contribution in [3.63, 3.8) is 0 Å². The van der Waals surface area contributed by atoms with Crippen molar-refractivity contribution in [3.8, 4) is 0 Å². The fraction of sp³-hybridized carbons (Fsp3) is 0.467. The number of rotatable bonds is 5. The monoisotopic (exact) mass is 326 g/mol. The van der Waals surface area contributed by atoms with E-state index in [0.717, 1.165) is 37.2 Å². The van der Waals surface area contributed by atoms with E-state index in [4.69, 9.17) is 0 Å². The van der Waals surface area contributed by atoms with Gasteiger partial charge in [0.25, 0.3) is 0 Å². The van der Waals surface area contributed by atoms with Crippen LogP contribution >= 0.6 is 12.4 Å². The average Bonchev–Trinajstić information content (AvgIpc) is 3.00. The van der Waals surface area contributed by atoms with Crippen LogP contribution in [0.25, 0.3) is 0 Å². The molecule has 22 heavy (non-hydrogen) atoms. The predicted molar refractivity (Wildman–Crippen MR) is 89.3 cm³/mol. The molecule has 1 heterocycles. The van der Waals surface area contributed by atoms with Gasteiger partial charge in [0.2, 0.25) is 5.91 Å². The summed E-state index contributed by atoms with van der Waals surface area (Å²) in [5.74, 6) is -0.0518. The van der Waals surface area contributed by atoms with Gasteiger partial charge < -0.3 is 20.9 Å². The van der Waals surface area contributed by atoms with Crippen molar-refractivity contribution in [2.45, 2.75) is 19.4 Å². The van der Waals surface area contributed by atoms with Crippen molar-refractivity contribution in [1.82, 2.24) is 15.5 Å². The van der Waals surface area contributed by atoms with E-state index in [2.05, 4.69) is 16.0 Å². The Labute approximate surface area is 137 Å². The van der Waals surface area contributed by atoms with E-state index < -0.39 is 0 Å². The van der Waals surface area contributed by atoms with Crippen LogP contribution in [-0.2, 0) is 11.3 Å². The number of likely N-dealkylation sites (N-methyl/N-ethyl adjacent to an activating group) is 1. The van der Waals surface area contributed by atoms with Gasteiger partial charge in [-0.2, -0.15) is 0 Å². The molecular weight excluding hydrogens is 304 g/mol. The summed E-state index contributed by atoms with van der Waals surface area (Å²) in [5, 5.41) is 8.51. The zero-order valence-corrected chi connectivity index (χ0v) is 13.5. The average molecular weight is 327 g/mol. The number of carbonyl (C=O) groups excluding carboxylic acids is 2. The number of likely N-dealkylation sites (tertiary alicyclic amines) is 1. The van der Waals surface area contributed by atoms with Gasteiger partial charge in [-0.25, -0.2) is 4.79 Å². The highest BCUT2D eigenvalue weighted by Crippen LogP contribution is 2.14. The van der Waals surface area contributed by atoms with Gasteiger partial charge in [-0.15, -0.1) is 12.4 Å². The van der Waals surface area contributed by atoms with Crippen LogP contribution in [-0.4, -0.2) is 43.5 Å². The highest BCUT2D eigenvalue weighted by Gasteiger charge is 2.17. The summed E-state index contributed by atoms with van der Waals surface area (Å²) >= 11 is 0. The van der Waals surface area contributed by atoms with Gasteiger partial charge in [-0.1, -0.05) is 12.1 Å². The maximum atomic E-state index is 12.0. The Morgan fingerprint density at radius 2 is 1.95 bits per heavy atom. The van der Waals surface area contributed by atoms with Crippen LogP contribution in [0.4, 0.5) is 10.5 Å². The molecule has 1 saturated heterocycles. The Hall–Kier alpha value is -1.79. The summed E-state index contributed by atoms with van der Waals surface area (Å²) in [7, 11) is 1.73. The molecule has 1 aliphatic rings. The van der Waals surface area contributed by atoms with E-state index in [0.29, 0.717) is 13.1 Å². The van der Waals surface area contributed by atoms with Crippen LogP contribution < -0.4 is 16.0 Å². The topological polar surface area (TPSA) is 73.5 Å². The molecule has 2 rings (SSSR count). The van der Waals surface area contributed by atoms with Gasteiger partial charge in [0, 0.05) is 25.3 Å². The molecule has 6 nitrogen and oxygen atoms in total. The molecule has 0 spiro atoms. The summed E-state index contributed by atoms with van der Waals surface area (Å²) in [6.07, 6.45) is 2.15. The number of nitrogens with one attached hydrogen (secondary N) is 3. The smallest absolute Gasteiger partial charge is 0.321 e. The van der Waals surface area contributed by atoms with Gasteiger partial charge in [0.15, 0.2) is 0 Å². The SMILES string of the molecule is CNCC(=O)NCc1cccc(NC(=O)N2CCCC2)c1.Cl. The molecule has 1 aromatic carbocycles. The Bertz CT molecular complexity index is 504. The van der Waals surface area contributed by atoms with Crippen molar-refractivity contribution in [2.75, 3.05) is 32.0 Å². The second-order valence-corrected chi connectivity index (χ2v) is 5.13. The number of amides is 3. The zero-order valence-electron chi connectivity index (χ0n) is 12.7. The van der Waals surface area contributed by atoms with Crippen molar-refractivity contribution in [2.24, 2.45) is 0 Å². The Morgan fingerprint density at radius 1 is 1.23 bits per heavy atom. The van der Waals surface area contributed by atoms with Gasteiger partial charge in [-0.3, -0.25) is 4.79 Å². The van der Waals surface area contributed by atoms with E-state index in [-0.39, 0.29) is 24.3 Å². The number of carbonyl (C=O) groups is 2. The molecule has 0 bridgehead atoms. The molecule has 122 valence electrons. The van der Waals surface area contributed by atoms with Crippen LogP contribution in [0.2, 0.25) is 0 Å². The van der Waals surface area contributed by atoms with Crippen LogP contribution in [0, 0.1) is 0 Å². The molecule has 3 N–H and O–H groups in total. The van der Waals surface area contributed by atoms with Crippen LogP contribution in [0.1, 0.15) is 18.4 Å². The molecule has 7 heteroatoms. The number of anilines is 1. The molecule has 0 radical (unpaired) electrons. The number of urea groups is 1. The third kappa shape index (κ3) is 5.54. The van der Waals surface area contributed by atoms with Gasteiger partial charge in [0.05, 0.1) is 6.54 Å². The van der Waals surface area contributed by atoms with E-state index in [1.54, 1.807) is 7.05 Å². The zero-order chi connectivity index (χ0) is 15.1. The Kier molecular flexibility index (Phi) is 7.70. The minimum absolute atomic E-state index is 0. The number of benzene rings is 1. The molecule has 0 unspecified atom stereocenters. The van der Waals surface area contributed by atoms with Crippen molar-refractivity contribution >= 4 is 30.0 Å². The normalized spacial score (nSPS) is 13.4. The largest absolute Gasteiger partial charge is 0.351 e. The van der Waals surface area contributed by atoms with E-state index in [9.17, 15) is 9.59 Å². The maximum Gasteiger partial charge on any atom is 0.321 e. The highest BCUT2D eigenvalue weighted by atomic mass is 35.5. The molecule has 1 aliphatic heterocycles. The van der Waals surface area contributed by atoms with E-state index >= 15 is 0 Å². The van der Waals surface area contributed by atoms with Gasteiger partial charge in [-0.05, 0) is 37.6 Å². The first kappa shape index (κ1) is 18.3. The fourth-order valence-corrected chi connectivity index (χ4v) is 2.31. The lowest BCUT2D eigenvalue weighted by Gasteiger charge is -2.16. The van der Waals surface area contributed by atoms with Crippen LogP contribution in [0.15, 0.2) is 24.3 Å². The molecule has 0 atom stereocenters. The van der Waals surface area contributed by atoms with Gasteiger partial charge >= 0.3 is 6.03 Å². The molecule has 0 aliphatic carbocycles. The summed E-state index contributed by atoms with van der Waals surface area (Å²) < 4.78 is 0. The van der Waals surface area contributed by atoms with Crippen molar-refractivity contribution in [3.05, 3.63) is 29.8 Å². The Balaban J connectivity index is 0.00000242. The third-order valence-corrected chi connectivity index (χ3v) is 3.40. The molecule has 3 amide bonds. The first-order valence-electron chi connectivity index (χ1n) is 7.25. The molecule has 1 aromatic rings. The van der Waals surface area contributed by atoms with Crippen molar-refractivity contribution in [1.29, 1.82) is 0 Å². The summed E-state index contributed by atoms with van der Waals surface area (Å²) in [4.78, 5) is 25.2. The third-order valence-electron chi connectivity index (χ3n) is 3.40. The van der Waals surface area contributed by atoms with Crippen molar-refractivity contribution < 1.29 is 9.59 Å². The molecular formula is C15H23ClN4O2. The lowest BCUT2D eigenvalue weighted by molar-refractivity contribution is -0.120. The second-order valence-electron chi connectivity index (χ2n) is 5.13. The number of nitrogens with zero attached hydrogens (tertiary/aromatic N) is 1. The number of hydrogen-bond acceptors (Lipinski definition) is 3. The summed E-state index contributed by atoms with van der Waals surface area (Å²) in [5.41, 5.74) is 1.71. The lowest BCUT2D eigenvalue weighted by Crippen LogP contribution is -2.32. The standard InChI is InChI=1S/C15H22N4O2.ClH/c1-16-11-14(20)17-10-12-5-4-6-13(9-12)18-15(21)19-7-2-3-8-19;/h4-6,9,16H,2-3,7-8,10-11H2,1H3,(H,17,20)(H,18,21);1H. The first-order valence-corrected chi connectivity index (χ1v) is 7.25. The summed E-state index contributed by atoms with van der Waals surface area (Å²) in [6.45, 7) is 2.40. The van der Waals surface area contributed by atoms with Crippen LogP contribution in [0.5, 0.6) is 0 Å². The second kappa shape index (κ2) is 9.27. The first-order chi connectivity index (χ1) is 10.2.